The summed E-state index contributed by atoms with van der Waals surface area (Å²) in [6, 6.07) is 7.42. The molecule has 13 heteroatoms. The average Bonchev–Trinajstić information content (AvgIpc) is 4.04. The van der Waals surface area contributed by atoms with Crippen LogP contribution in [0.25, 0.3) is 28.9 Å². The maximum Gasteiger partial charge on any atom is 0.434 e. The molecule has 10 nitrogen and oxygen atoms in total. The van der Waals surface area contributed by atoms with Crippen LogP contribution in [0.4, 0.5) is 19.0 Å². The largest absolute Gasteiger partial charge is 0.480 e. The topological polar surface area (TPSA) is 105 Å². The van der Waals surface area contributed by atoms with Crippen LogP contribution in [0.5, 0.6) is 5.88 Å². The Morgan fingerprint density at radius 2 is 1.69 bits per heavy atom. The number of piperidine rings is 1. The van der Waals surface area contributed by atoms with Crippen LogP contribution in [0.2, 0.25) is 0 Å². The monoisotopic (exact) mass is 658 g/mol. The van der Waals surface area contributed by atoms with Gasteiger partial charge in [-0.05, 0) is 81.8 Å². The van der Waals surface area contributed by atoms with Crippen LogP contribution in [-0.4, -0.2) is 73.0 Å². The number of ether oxygens (including phenoxy) is 1. The van der Waals surface area contributed by atoms with Crippen molar-refractivity contribution in [1.29, 1.82) is 0 Å². The summed E-state index contributed by atoms with van der Waals surface area (Å²) in [6.45, 7) is 2.21. The molecule has 8 rings (SSSR count). The van der Waals surface area contributed by atoms with E-state index in [-0.39, 0.29) is 12.0 Å². The highest BCUT2D eigenvalue weighted by molar-refractivity contribution is 5.75. The van der Waals surface area contributed by atoms with Crippen molar-refractivity contribution in [2.45, 2.75) is 69.4 Å². The number of fused-ring (bicyclic) bond motifs is 1. The summed E-state index contributed by atoms with van der Waals surface area (Å²) in [4.78, 5) is 26.9. The molecule has 2 aliphatic heterocycles. The Kier molecular flexibility index (Phi) is 7.71. The fourth-order valence-corrected chi connectivity index (χ4v) is 6.96. The summed E-state index contributed by atoms with van der Waals surface area (Å²) in [5, 5.41) is 12.0. The number of imidazole rings is 1. The maximum absolute atomic E-state index is 13.6. The molecule has 5 heterocycles. The first kappa shape index (κ1) is 30.9. The predicted octanol–water partition coefficient (Wildman–Crippen LogP) is 6.10. The number of benzene rings is 1. The number of halogens is 3. The number of nitrogens with zero attached hydrogens (tertiary/aromatic N) is 8. The molecule has 0 radical (unpaired) electrons. The number of alkyl halides is 3. The standard InChI is InChI=1S/C35H37F3N8O2/c1-44-13-11-21(12-14-44)26-15-24-16-39-30(28-29(22-7-8-22)40-19-41-33(28)48-2)43-32(24)46(34(26)47)17-20-3-5-23(6-4-20)31-42-27(35(36,37)38)18-45(31)25-9-10-25/h3-6,15-16,18-19,21-22,25,34,47H,7-14,17H2,1-2H3. The molecule has 3 aromatic heterocycles. The van der Waals surface area contributed by atoms with Gasteiger partial charge in [0.25, 0.3) is 0 Å². The van der Waals surface area contributed by atoms with Crippen molar-refractivity contribution in [3.05, 3.63) is 71.1 Å². The van der Waals surface area contributed by atoms with E-state index >= 15 is 0 Å². The van der Waals surface area contributed by atoms with Gasteiger partial charge in [0, 0.05) is 42.0 Å². The Hall–Kier alpha value is -4.36. The number of methoxy groups -OCH3 is 1. The molecule has 1 saturated heterocycles. The van der Waals surface area contributed by atoms with Gasteiger partial charge in [0.05, 0.1) is 12.8 Å². The van der Waals surface area contributed by atoms with Crippen LogP contribution in [-0.2, 0) is 12.7 Å². The van der Waals surface area contributed by atoms with Crippen LogP contribution in [0.3, 0.4) is 0 Å². The molecular formula is C35H37F3N8O2. The van der Waals surface area contributed by atoms with E-state index < -0.39 is 18.1 Å². The SMILES string of the molecule is COc1ncnc(C2CC2)c1-c1ncc2c(n1)N(Cc1ccc(-c3nc(C(F)(F)F)cn3C3CC3)cc1)C(O)C(C1CCN(C)CC1)=C2. The number of anilines is 1. The van der Waals surface area contributed by atoms with Gasteiger partial charge in [-0.2, -0.15) is 13.2 Å². The second kappa shape index (κ2) is 12.0. The Balaban J connectivity index is 1.16. The first-order valence-corrected chi connectivity index (χ1v) is 16.5. The molecule has 1 N–H and O–H groups in total. The number of aliphatic hydroxyl groups excluding tert-OH is 1. The zero-order valence-electron chi connectivity index (χ0n) is 26.9. The van der Waals surface area contributed by atoms with Crippen LogP contribution in [0.1, 0.15) is 73.0 Å². The lowest BCUT2D eigenvalue weighted by molar-refractivity contribution is -0.140. The third-order valence-corrected chi connectivity index (χ3v) is 9.92. The van der Waals surface area contributed by atoms with E-state index in [0.717, 1.165) is 80.2 Å². The molecular weight excluding hydrogens is 621 g/mol. The minimum atomic E-state index is -4.51. The summed E-state index contributed by atoms with van der Waals surface area (Å²) in [5.41, 5.74) is 3.88. The van der Waals surface area contributed by atoms with Crippen molar-refractivity contribution in [2.75, 3.05) is 32.1 Å². The smallest absolute Gasteiger partial charge is 0.434 e. The molecule has 2 aliphatic carbocycles. The molecule has 4 aliphatic rings. The average molecular weight is 659 g/mol. The van der Waals surface area contributed by atoms with Gasteiger partial charge in [0.1, 0.15) is 23.5 Å². The molecule has 1 atom stereocenters. The first-order valence-electron chi connectivity index (χ1n) is 16.5. The quantitative estimate of drug-likeness (QED) is 0.241. The van der Waals surface area contributed by atoms with Crippen molar-refractivity contribution < 1.29 is 23.0 Å². The van der Waals surface area contributed by atoms with E-state index in [9.17, 15) is 18.3 Å². The van der Waals surface area contributed by atoms with Crippen molar-refractivity contribution in [3.8, 4) is 28.7 Å². The zero-order chi connectivity index (χ0) is 33.2. The summed E-state index contributed by atoms with van der Waals surface area (Å²) in [6.07, 6.45) is 6.64. The van der Waals surface area contributed by atoms with Gasteiger partial charge in [-0.3, -0.25) is 0 Å². The van der Waals surface area contributed by atoms with Gasteiger partial charge in [-0.15, -0.1) is 0 Å². The lowest BCUT2D eigenvalue weighted by Gasteiger charge is -2.40. The number of likely N-dealkylation sites (tertiary alicyclic amines) is 1. The first-order chi connectivity index (χ1) is 23.2. The molecule has 0 bridgehead atoms. The van der Waals surface area contributed by atoms with E-state index in [2.05, 4.69) is 26.9 Å². The van der Waals surface area contributed by atoms with Crippen molar-refractivity contribution in [3.63, 3.8) is 0 Å². The second-order valence-corrected chi connectivity index (χ2v) is 13.4. The lowest BCUT2D eigenvalue weighted by Crippen LogP contribution is -2.43. The molecule has 48 heavy (non-hydrogen) atoms. The van der Waals surface area contributed by atoms with E-state index in [1.54, 1.807) is 30.0 Å². The fourth-order valence-electron chi connectivity index (χ4n) is 6.96. The normalized spacial score (nSPS) is 20.5. The highest BCUT2D eigenvalue weighted by Crippen LogP contribution is 2.46. The van der Waals surface area contributed by atoms with Crippen LogP contribution < -0.4 is 9.64 Å². The Bertz CT molecular complexity index is 1860. The number of aliphatic hydroxyl groups is 1. The molecule has 2 saturated carbocycles. The van der Waals surface area contributed by atoms with E-state index in [1.165, 1.54) is 6.33 Å². The second-order valence-electron chi connectivity index (χ2n) is 13.4. The molecule has 0 amide bonds. The fraction of sp³-hybridized carbons (Fsp3) is 0.457. The number of rotatable bonds is 8. The van der Waals surface area contributed by atoms with Crippen LogP contribution in [0.15, 0.2) is 48.6 Å². The molecule has 250 valence electrons. The maximum atomic E-state index is 13.6. The molecule has 3 fully saturated rings. The number of aromatic nitrogens is 6. The van der Waals surface area contributed by atoms with Crippen molar-refractivity contribution in [2.24, 2.45) is 5.92 Å². The van der Waals surface area contributed by atoms with E-state index in [0.29, 0.717) is 46.9 Å². The van der Waals surface area contributed by atoms with Crippen molar-refractivity contribution in [1.82, 2.24) is 34.4 Å². The molecule has 0 spiro atoms. The highest BCUT2D eigenvalue weighted by Gasteiger charge is 2.38. The van der Waals surface area contributed by atoms with Gasteiger partial charge in [-0.25, -0.2) is 24.9 Å². The minimum absolute atomic E-state index is 0.0380. The summed E-state index contributed by atoms with van der Waals surface area (Å²) in [7, 11) is 3.68. The van der Waals surface area contributed by atoms with Crippen LogP contribution in [0, 0.1) is 5.92 Å². The Morgan fingerprint density at radius 3 is 2.35 bits per heavy atom. The summed E-state index contributed by atoms with van der Waals surface area (Å²) >= 11 is 0. The molecule has 4 aromatic rings. The highest BCUT2D eigenvalue weighted by atomic mass is 19.4. The number of hydrogen-bond acceptors (Lipinski definition) is 9. The predicted molar refractivity (Wildman–Crippen MR) is 173 cm³/mol. The van der Waals surface area contributed by atoms with Gasteiger partial charge in [0.15, 0.2) is 17.7 Å². The van der Waals surface area contributed by atoms with Gasteiger partial charge >= 0.3 is 6.18 Å². The molecule has 1 unspecified atom stereocenters. The summed E-state index contributed by atoms with van der Waals surface area (Å²) < 4.78 is 47.9. The Labute approximate surface area is 276 Å². The lowest BCUT2D eigenvalue weighted by atomic mass is 9.85. The van der Waals surface area contributed by atoms with E-state index in [4.69, 9.17) is 14.7 Å². The summed E-state index contributed by atoms with van der Waals surface area (Å²) in [5.74, 6) is 2.25. The minimum Gasteiger partial charge on any atom is -0.480 e. The van der Waals surface area contributed by atoms with Gasteiger partial charge < -0.3 is 24.2 Å². The zero-order valence-corrected chi connectivity index (χ0v) is 26.9. The third-order valence-electron chi connectivity index (χ3n) is 9.92. The van der Waals surface area contributed by atoms with Crippen LogP contribution >= 0.6 is 0 Å². The number of hydrogen-bond donors (Lipinski definition) is 1. The molecule has 1 aromatic carbocycles. The van der Waals surface area contributed by atoms with Crippen molar-refractivity contribution >= 4 is 11.9 Å². The Morgan fingerprint density at radius 1 is 0.938 bits per heavy atom. The van der Waals surface area contributed by atoms with Gasteiger partial charge in [0.2, 0.25) is 5.88 Å². The third kappa shape index (κ3) is 5.83. The van der Waals surface area contributed by atoms with E-state index in [1.807, 2.05) is 23.1 Å². The van der Waals surface area contributed by atoms with Gasteiger partial charge in [-0.1, -0.05) is 24.3 Å².